The highest BCUT2D eigenvalue weighted by atomic mass is 35.5. The average molecular weight is 770 g/mol. The van der Waals surface area contributed by atoms with Crippen molar-refractivity contribution in [2.75, 3.05) is 44.8 Å². The maximum absolute atomic E-state index is 14.4. The number of hydrogen-bond donors (Lipinski definition) is 7. The molecule has 5 aliphatic rings. The summed E-state index contributed by atoms with van der Waals surface area (Å²) in [6.07, 6.45) is 3.41. The number of hydrogen-bond acceptors (Lipinski definition) is 10. The van der Waals surface area contributed by atoms with Crippen LogP contribution in [0.4, 0.5) is 5.69 Å². The van der Waals surface area contributed by atoms with Crippen LogP contribution in [-0.4, -0.2) is 133 Å². The van der Waals surface area contributed by atoms with E-state index in [1.807, 2.05) is 26.0 Å². The topological polar surface area (TPSA) is 217 Å². The van der Waals surface area contributed by atoms with Gasteiger partial charge in [-0.1, -0.05) is 55.3 Å². The molecule has 15 nitrogen and oxygen atoms in total. The Bertz CT molecular complexity index is 2030. The summed E-state index contributed by atoms with van der Waals surface area (Å²) in [6, 6.07) is -0.729. The highest BCUT2D eigenvalue weighted by molar-refractivity contribution is 7.45. The van der Waals surface area contributed by atoms with E-state index in [-0.39, 0.29) is 18.0 Å². The van der Waals surface area contributed by atoms with Gasteiger partial charge in [-0.2, -0.15) is 0 Å². The third-order valence-corrected chi connectivity index (χ3v) is 10.5. The maximum atomic E-state index is 14.4. The molecule has 1 fully saturated rings. The number of H-pyrrole nitrogens is 1. The number of imide groups is 1. The molecule has 2 amide bonds. The number of likely N-dealkylation sites (N-methyl/N-ethyl adjacent to an activating group) is 1. The number of amides is 2. The largest absolute Gasteiger partial charge is 0.466 e. The average Bonchev–Trinajstić information content (AvgIpc) is 3.71. The van der Waals surface area contributed by atoms with Gasteiger partial charge in [0.2, 0.25) is 0 Å². The molecule has 1 unspecified atom stereocenters. The summed E-state index contributed by atoms with van der Waals surface area (Å²) in [6.45, 7) is 5.90. The number of allylic oxidation sites excluding steroid dienone is 4. The first-order chi connectivity index (χ1) is 24.2. The molecule has 0 saturated carbocycles. The van der Waals surface area contributed by atoms with Crippen molar-refractivity contribution in [3.05, 3.63) is 62.7 Å². The molecular weight excluding hydrogens is 730 g/mol. The molecule has 51 heavy (non-hydrogen) atoms. The maximum Gasteiger partial charge on any atom is 0.466 e. The van der Waals surface area contributed by atoms with Gasteiger partial charge in [0, 0.05) is 35.8 Å². The zero-order chi connectivity index (χ0) is 37.1. The second-order valence-corrected chi connectivity index (χ2v) is 14.4. The van der Waals surface area contributed by atoms with Crippen LogP contribution in [0.2, 0.25) is 0 Å². The summed E-state index contributed by atoms with van der Waals surface area (Å²) in [4.78, 5) is 59.0. The van der Waals surface area contributed by atoms with Crippen LogP contribution in [0, 0.1) is 0 Å². The number of carbonyl (C=O) groups is 2. The number of aromatic amines is 1. The molecule has 7 N–H and O–H groups in total. The Kier molecular flexibility index (Phi) is 10.8. The monoisotopic (exact) mass is 768 g/mol. The predicted molar refractivity (Wildman–Crippen MR) is 188 cm³/mol. The molecule has 18 heteroatoms. The number of phosphoric acid groups is 1. The summed E-state index contributed by atoms with van der Waals surface area (Å²) in [5.41, 5.74) is 3.02. The lowest BCUT2D eigenvalue weighted by Gasteiger charge is -2.47. The van der Waals surface area contributed by atoms with Crippen LogP contribution in [0.1, 0.15) is 40.1 Å². The first-order valence-corrected chi connectivity index (χ1v) is 18.7. The van der Waals surface area contributed by atoms with Crippen molar-refractivity contribution in [3.63, 3.8) is 0 Å². The summed E-state index contributed by atoms with van der Waals surface area (Å²) in [7, 11) is -3.27. The van der Waals surface area contributed by atoms with Gasteiger partial charge in [0.25, 0.3) is 11.8 Å². The molecule has 1 saturated heterocycles. The fourth-order valence-electron chi connectivity index (χ4n) is 7.64. The van der Waals surface area contributed by atoms with E-state index in [0.29, 0.717) is 61.3 Å². The Morgan fingerprint density at radius 2 is 1.75 bits per heavy atom. The minimum atomic E-state index is -4.64. The fraction of sp³-hybridized carbons (Fsp3) is 0.455. The number of anilines is 1. The molecule has 1 aromatic carbocycles. The summed E-state index contributed by atoms with van der Waals surface area (Å²) >= 11 is 13.6. The Morgan fingerprint density at radius 3 is 2.37 bits per heavy atom. The lowest BCUT2D eigenvalue weighted by atomic mass is 9.93. The van der Waals surface area contributed by atoms with E-state index in [1.165, 1.54) is 12.0 Å². The Hall–Kier alpha value is -2.89. The Balaban J connectivity index is 0.000000839. The van der Waals surface area contributed by atoms with Crippen molar-refractivity contribution in [2.24, 2.45) is 0 Å². The third-order valence-electron chi connectivity index (χ3n) is 9.90. The van der Waals surface area contributed by atoms with E-state index in [1.54, 1.807) is 23.1 Å². The number of methoxy groups -OCH3 is 1. The molecule has 2 aliphatic carbocycles. The number of benzene rings is 1. The molecule has 276 valence electrons. The van der Waals surface area contributed by atoms with Crippen LogP contribution < -0.4 is 15.5 Å². The predicted octanol–water partition coefficient (Wildman–Crippen LogP) is 0.122. The molecule has 0 bridgehead atoms. The summed E-state index contributed by atoms with van der Waals surface area (Å²) in [5, 5.41) is 35.4. The van der Waals surface area contributed by atoms with Crippen molar-refractivity contribution in [3.8, 4) is 0 Å². The molecule has 3 aliphatic heterocycles. The first-order valence-electron chi connectivity index (χ1n) is 16.3. The van der Waals surface area contributed by atoms with Crippen LogP contribution in [0.5, 0.6) is 0 Å². The lowest BCUT2D eigenvalue weighted by Crippen LogP contribution is -2.65. The van der Waals surface area contributed by atoms with E-state index >= 15 is 0 Å². The van der Waals surface area contributed by atoms with Gasteiger partial charge in [0.15, 0.2) is 6.23 Å². The van der Waals surface area contributed by atoms with Gasteiger partial charge in [-0.25, -0.2) is 4.57 Å². The molecular formula is C33H39Cl2N4O11P. The van der Waals surface area contributed by atoms with Crippen molar-refractivity contribution in [1.29, 1.82) is 0 Å². The SMILES string of the molecule is CCN(CC)CCN1C(=O)c2c(c3c4c([nH]c3c3c2=C2C=CC=C(Cl)C2N3[C@@H]2O[C@H](CO)[C@@H](OC)[C@H](O)[C@H]2O)=C(Cl)C=CC4)C1=O.O=P(O)(O)O. The number of nitrogens with one attached hydrogen (secondary N) is 1. The number of rotatable bonds is 8. The van der Waals surface area contributed by atoms with E-state index in [9.17, 15) is 24.9 Å². The number of aliphatic hydroxyl groups excluding tert-OH is 3. The number of ether oxygens (including phenoxy) is 2. The van der Waals surface area contributed by atoms with E-state index in [0.717, 1.165) is 18.7 Å². The summed E-state index contributed by atoms with van der Waals surface area (Å²) in [5.74, 6) is -0.788. The van der Waals surface area contributed by atoms with Crippen molar-refractivity contribution >= 4 is 70.0 Å². The number of aromatic nitrogens is 1. The van der Waals surface area contributed by atoms with Crippen LogP contribution in [0.15, 0.2) is 35.4 Å². The second kappa shape index (κ2) is 14.5. The van der Waals surface area contributed by atoms with E-state index < -0.39 is 57.0 Å². The van der Waals surface area contributed by atoms with Crippen LogP contribution >= 0.6 is 31.0 Å². The normalized spacial score (nSPS) is 26.8. The molecule has 4 heterocycles. The van der Waals surface area contributed by atoms with E-state index in [2.05, 4.69) is 9.88 Å². The van der Waals surface area contributed by atoms with Gasteiger partial charge in [0.05, 0.1) is 45.4 Å². The molecule has 6 atom stereocenters. The van der Waals surface area contributed by atoms with E-state index in [4.69, 9.17) is 51.9 Å². The minimum Gasteiger partial charge on any atom is -0.394 e. The first kappa shape index (κ1) is 37.9. The fourth-order valence-corrected chi connectivity index (χ4v) is 8.19. The second-order valence-electron chi connectivity index (χ2n) is 12.6. The minimum absolute atomic E-state index is 0.218. The number of nitrogens with zero attached hydrogens (tertiary/aromatic N) is 3. The zero-order valence-electron chi connectivity index (χ0n) is 27.9. The standard InChI is InChI=1S/C33H36Cl2N4O7.H3O4P/c1-4-37(5-2)12-13-38-31(43)22-20-15-8-6-10-17(34)24(15)36-25(20)27-21(23(22)32(38)44)16-9-7-11-18(35)26(16)39(27)33-29(42)28(41)30(45-3)19(14-40)46-33;1-5(2,3)4/h6-7,9-11,19,26,28-30,33,36,40-42H,4-5,8,12-14H2,1-3H3;(H3,1,2,3,4)/t19-,26?,28-,29-,30-,33-;/m1./s1. The van der Waals surface area contributed by atoms with Crippen LogP contribution in [-0.2, 0) is 20.5 Å². The number of carbonyl (C=O) groups excluding carboxylic acids is 2. The highest BCUT2D eigenvalue weighted by Crippen LogP contribution is 2.45. The van der Waals surface area contributed by atoms with Gasteiger partial charge in [0.1, 0.15) is 24.4 Å². The number of aliphatic hydroxyl groups is 3. The number of halogens is 2. The van der Waals surface area contributed by atoms with Gasteiger partial charge < -0.3 is 54.3 Å². The van der Waals surface area contributed by atoms with Gasteiger partial charge >= 0.3 is 7.82 Å². The molecule has 0 spiro atoms. The Morgan fingerprint density at radius 1 is 1.08 bits per heavy atom. The van der Waals surface area contributed by atoms with Gasteiger partial charge in [-0.3, -0.25) is 14.5 Å². The van der Waals surface area contributed by atoms with Crippen LogP contribution in [0.3, 0.4) is 0 Å². The lowest BCUT2D eigenvalue weighted by molar-refractivity contribution is -0.235. The highest BCUT2D eigenvalue weighted by Gasteiger charge is 2.53. The van der Waals surface area contributed by atoms with Crippen LogP contribution in [0.25, 0.3) is 21.5 Å². The smallest absolute Gasteiger partial charge is 0.394 e. The quantitative estimate of drug-likeness (QED) is 0.141. The molecule has 2 aromatic rings. The Labute approximate surface area is 302 Å². The van der Waals surface area contributed by atoms with Gasteiger partial charge in [-0.15, -0.1) is 0 Å². The number of fused-ring (bicyclic) bond motifs is 9. The van der Waals surface area contributed by atoms with Gasteiger partial charge in [-0.05, 0) is 42.8 Å². The third kappa shape index (κ3) is 6.43. The molecule has 1 aromatic heterocycles. The van der Waals surface area contributed by atoms with Crippen molar-refractivity contribution in [1.82, 2.24) is 14.8 Å². The zero-order valence-corrected chi connectivity index (χ0v) is 30.3. The molecule has 7 rings (SSSR count). The molecule has 0 radical (unpaired) electrons. The van der Waals surface area contributed by atoms with Crippen molar-refractivity contribution < 1.29 is 53.6 Å². The summed E-state index contributed by atoms with van der Waals surface area (Å²) < 4.78 is 20.6. The van der Waals surface area contributed by atoms with Crippen molar-refractivity contribution in [2.45, 2.75) is 57.0 Å².